The van der Waals surface area contributed by atoms with E-state index in [0.29, 0.717) is 28.9 Å². The van der Waals surface area contributed by atoms with Crippen molar-refractivity contribution in [3.8, 4) is 11.1 Å². The van der Waals surface area contributed by atoms with E-state index in [1.54, 1.807) is 42.0 Å². The zero-order valence-corrected chi connectivity index (χ0v) is 21.4. The van der Waals surface area contributed by atoms with Gasteiger partial charge in [0.1, 0.15) is 21.9 Å². The molecule has 37 heavy (non-hydrogen) atoms. The smallest absolute Gasteiger partial charge is 0.274 e. The van der Waals surface area contributed by atoms with Gasteiger partial charge in [-0.15, -0.1) is 23.7 Å². The number of carbonyl (C=O) groups excluding carboxylic acids is 1. The minimum absolute atomic E-state index is 0. The third-order valence-electron chi connectivity index (χ3n) is 6.47. The lowest BCUT2D eigenvalue weighted by molar-refractivity contribution is 0.102. The van der Waals surface area contributed by atoms with Crippen molar-refractivity contribution < 1.29 is 9.18 Å². The quantitative estimate of drug-likeness (QED) is 0.309. The van der Waals surface area contributed by atoms with Crippen LogP contribution in [0.2, 0.25) is 0 Å². The Balaban J connectivity index is 0.00000280. The van der Waals surface area contributed by atoms with Crippen molar-refractivity contribution in [2.24, 2.45) is 5.73 Å². The van der Waals surface area contributed by atoms with Crippen molar-refractivity contribution in [2.45, 2.75) is 18.9 Å². The topological polar surface area (TPSA) is 97.0 Å². The van der Waals surface area contributed by atoms with Gasteiger partial charge in [-0.1, -0.05) is 36.4 Å². The average molecular weight is 535 g/mol. The van der Waals surface area contributed by atoms with Gasteiger partial charge in [-0.2, -0.15) is 0 Å². The lowest BCUT2D eigenvalue weighted by atomic mass is 10.0. The third kappa shape index (κ3) is 4.85. The number of nitrogens with one attached hydrogen (secondary N) is 1. The molecule has 188 valence electrons. The van der Waals surface area contributed by atoms with Crippen LogP contribution in [0.1, 0.15) is 23.3 Å². The molecule has 3 N–H and O–H groups in total. The molecule has 1 aliphatic rings. The summed E-state index contributed by atoms with van der Waals surface area (Å²) in [5, 5.41) is 3.86. The molecule has 1 amide bonds. The second-order valence-corrected chi connectivity index (χ2v) is 9.75. The minimum atomic E-state index is -0.355. The molecule has 0 spiro atoms. The predicted molar refractivity (Wildman–Crippen MR) is 149 cm³/mol. The predicted octanol–water partition coefficient (Wildman–Crippen LogP) is 5.65. The van der Waals surface area contributed by atoms with Gasteiger partial charge in [0.05, 0.1) is 28.6 Å². The summed E-state index contributed by atoms with van der Waals surface area (Å²) in [5.74, 6) is -0.659. The van der Waals surface area contributed by atoms with Gasteiger partial charge < -0.3 is 16.0 Å². The maximum absolute atomic E-state index is 14.3. The van der Waals surface area contributed by atoms with Crippen molar-refractivity contribution in [3.05, 3.63) is 77.8 Å². The highest BCUT2D eigenvalue weighted by molar-refractivity contribution is 7.16. The van der Waals surface area contributed by atoms with Crippen LogP contribution in [0.15, 0.2) is 66.3 Å². The lowest BCUT2D eigenvalue weighted by Gasteiger charge is -2.33. The molecule has 3 aromatic heterocycles. The molecule has 4 heterocycles. The standard InChI is InChI=1S/C27H23FN6OS.ClH/c28-20-6-2-1-5-19(20)17-8-7-16-9-10-21(32-22(16)12-17)26(35)33-23-13-30-27-24(31-15-36-27)25(23)34-11-3-4-18(29)14-34;/h1-2,5-10,12-13,15,18H,3-4,11,14,29H2,(H,33,35);1H/t18-;/m0./s1. The van der Waals surface area contributed by atoms with E-state index < -0.39 is 0 Å². The number of rotatable bonds is 4. The van der Waals surface area contributed by atoms with Gasteiger partial charge in [0.15, 0.2) is 0 Å². The van der Waals surface area contributed by atoms with Gasteiger partial charge in [0, 0.05) is 30.1 Å². The van der Waals surface area contributed by atoms with Crippen LogP contribution in [0.4, 0.5) is 15.8 Å². The van der Waals surface area contributed by atoms with Crippen LogP contribution in [0.3, 0.4) is 0 Å². The summed E-state index contributed by atoms with van der Waals surface area (Å²) < 4.78 is 14.3. The van der Waals surface area contributed by atoms with Crippen LogP contribution in [0.5, 0.6) is 0 Å². The van der Waals surface area contributed by atoms with Crippen LogP contribution in [-0.4, -0.2) is 40.0 Å². The Morgan fingerprint density at radius 2 is 1.97 bits per heavy atom. The molecule has 0 saturated carbocycles. The zero-order valence-electron chi connectivity index (χ0n) is 19.7. The molecule has 10 heteroatoms. The van der Waals surface area contributed by atoms with E-state index in [1.165, 1.54) is 17.4 Å². The summed E-state index contributed by atoms with van der Waals surface area (Å²) in [6, 6.07) is 15.7. The number of aromatic nitrogens is 3. The van der Waals surface area contributed by atoms with Gasteiger partial charge >= 0.3 is 0 Å². The van der Waals surface area contributed by atoms with E-state index in [4.69, 9.17) is 5.73 Å². The number of hydrogen-bond acceptors (Lipinski definition) is 7. The fourth-order valence-corrected chi connectivity index (χ4v) is 5.36. The highest BCUT2D eigenvalue weighted by atomic mass is 35.5. The number of nitrogens with two attached hydrogens (primary N) is 1. The summed E-state index contributed by atoms with van der Waals surface area (Å²) in [6.07, 6.45) is 3.61. The van der Waals surface area contributed by atoms with Crippen molar-refractivity contribution in [2.75, 3.05) is 23.3 Å². The molecular formula is C27H24ClFN6OS. The first-order chi connectivity index (χ1) is 17.6. The first kappa shape index (κ1) is 25.0. The Bertz CT molecular complexity index is 1610. The molecule has 0 bridgehead atoms. The van der Waals surface area contributed by atoms with Crippen LogP contribution < -0.4 is 16.0 Å². The molecule has 5 aromatic rings. The summed E-state index contributed by atoms with van der Waals surface area (Å²) in [7, 11) is 0. The van der Waals surface area contributed by atoms with Gasteiger partial charge in [-0.25, -0.2) is 19.3 Å². The Morgan fingerprint density at radius 3 is 2.81 bits per heavy atom. The van der Waals surface area contributed by atoms with Crippen molar-refractivity contribution >= 4 is 62.3 Å². The maximum Gasteiger partial charge on any atom is 0.274 e. The van der Waals surface area contributed by atoms with Gasteiger partial charge in [-0.3, -0.25) is 4.79 Å². The number of carbonyl (C=O) groups is 1. The van der Waals surface area contributed by atoms with Gasteiger partial charge in [0.2, 0.25) is 0 Å². The molecule has 7 nitrogen and oxygen atoms in total. The number of piperidine rings is 1. The van der Waals surface area contributed by atoms with Crippen molar-refractivity contribution in [3.63, 3.8) is 0 Å². The van der Waals surface area contributed by atoms with E-state index >= 15 is 0 Å². The largest absolute Gasteiger partial charge is 0.366 e. The summed E-state index contributed by atoms with van der Waals surface area (Å²) in [4.78, 5) is 29.9. The number of benzene rings is 2. The zero-order chi connectivity index (χ0) is 24.6. The molecule has 0 unspecified atom stereocenters. The molecule has 1 saturated heterocycles. The number of thiazole rings is 1. The molecule has 2 aromatic carbocycles. The van der Waals surface area contributed by atoms with Crippen LogP contribution in [-0.2, 0) is 0 Å². The monoisotopic (exact) mass is 534 g/mol. The van der Waals surface area contributed by atoms with Crippen molar-refractivity contribution in [1.29, 1.82) is 0 Å². The van der Waals surface area contributed by atoms with E-state index in [-0.39, 0.29) is 35.9 Å². The summed E-state index contributed by atoms with van der Waals surface area (Å²) in [5.41, 5.74) is 12.2. The molecule has 6 rings (SSSR count). The fourth-order valence-electron chi connectivity index (χ4n) is 4.72. The highest BCUT2D eigenvalue weighted by Gasteiger charge is 2.24. The maximum atomic E-state index is 14.3. The second kappa shape index (κ2) is 10.4. The van der Waals surface area contributed by atoms with Crippen LogP contribution >= 0.6 is 23.7 Å². The molecule has 1 fully saturated rings. The SMILES string of the molecule is Cl.N[C@H]1CCCN(c2c(NC(=O)c3ccc4ccc(-c5ccccc5F)cc4n3)cnc3scnc23)C1. The fraction of sp³-hybridized carbons (Fsp3) is 0.185. The number of amides is 1. The van der Waals surface area contributed by atoms with E-state index in [0.717, 1.165) is 40.8 Å². The number of hydrogen-bond donors (Lipinski definition) is 2. The molecule has 0 radical (unpaired) electrons. The van der Waals surface area contributed by atoms with E-state index in [9.17, 15) is 9.18 Å². The van der Waals surface area contributed by atoms with Gasteiger partial charge in [-0.05, 0) is 36.6 Å². The van der Waals surface area contributed by atoms with Crippen LogP contribution in [0, 0.1) is 5.82 Å². The third-order valence-corrected chi connectivity index (χ3v) is 7.20. The summed E-state index contributed by atoms with van der Waals surface area (Å²) >= 11 is 1.46. The number of halogens is 2. The molecular weight excluding hydrogens is 511 g/mol. The summed E-state index contributed by atoms with van der Waals surface area (Å²) in [6.45, 7) is 1.52. The van der Waals surface area contributed by atoms with E-state index in [2.05, 4.69) is 25.2 Å². The van der Waals surface area contributed by atoms with E-state index in [1.807, 2.05) is 18.2 Å². The number of pyridine rings is 2. The number of anilines is 2. The first-order valence-corrected chi connectivity index (χ1v) is 12.6. The van der Waals surface area contributed by atoms with Gasteiger partial charge in [0.25, 0.3) is 5.91 Å². The second-order valence-electron chi connectivity index (χ2n) is 8.91. The van der Waals surface area contributed by atoms with Crippen molar-refractivity contribution in [1.82, 2.24) is 15.0 Å². The Kier molecular flexibility index (Phi) is 7.01. The average Bonchev–Trinajstić information content (AvgIpc) is 3.37. The molecule has 1 aliphatic heterocycles. The van der Waals surface area contributed by atoms with Crippen LogP contribution in [0.25, 0.3) is 32.4 Å². The first-order valence-electron chi connectivity index (χ1n) is 11.8. The Morgan fingerprint density at radius 1 is 1.14 bits per heavy atom. The lowest BCUT2D eigenvalue weighted by Crippen LogP contribution is -2.43. The Labute approximate surface area is 223 Å². The normalized spacial score (nSPS) is 15.5. The number of fused-ring (bicyclic) bond motifs is 2. The minimum Gasteiger partial charge on any atom is -0.366 e. The Hall–Kier alpha value is -3.66. The number of nitrogens with zero attached hydrogens (tertiary/aromatic N) is 4. The molecule has 1 atom stereocenters. The molecule has 0 aliphatic carbocycles. The highest BCUT2D eigenvalue weighted by Crippen LogP contribution is 2.36.